The smallest absolute Gasteiger partial charge is 0.209 e. The lowest BCUT2D eigenvalue weighted by Crippen LogP contribution is -2.09. The molecular weight excluding hydrogens is 240 g/mol. The predicted octanol–water partition coefficient (Wildman–Crippen LogP) is 2.06. The van der Waals surface area contributed by atoms with Crippen molar-refractivity contribution in [2.24, 2.45) is 9.89 Å². The third kappa shape index (κ3) is 3.27. The van der Waals surface area contributed by atoms with Gasteiger partial charge >= 0.3 is 0 Å². The average Bonchev–Trinajstić information content (AvgIpc) is 2.40. The van der Waals surface area contributed by atoms with E-state index >= 15 is 0 Å². The number of nitrogens with zero attached hydrogens (tertiary/aromatic N) is 2. The molecule has 1 N–H and O–H groups in total. The van der Waals surface area contributed by atoms with E-state index in [1.54, 1.807) is 0 Å². The van der Waals surface area contributed by atoms with E-state index in [-0.39, 0.29) is 0 Å². The van der Waals surface area contributed by atoms with Crippen molar-refractivity contribution in [3.05, 3.63) is 59.7 Å². The maximum absolute atomic E-state index is 9.82. The molecule has 0 fully saturated rings. The second-order valence-electron chi connectivity index (χ2n) is 4.17. The van der Waals surface area contributed by atoms with Crippen molar-refractivity contribution in [3.63, 3.8) is 0 Å². The van der Waals surface area contributed by atoms with Gasteiger partial charge in [-0.25, -0.2) is 4.78 Å². The summed E-state index contributed by atoms with van der Waals surface area (Å²) in [5.74, 6) is 0.331. The van der Waals surface area contributed by atoms with Crippen molar-refractivity contribution in [3.8, 4) is 5.75 Å². The summed E-state index contributed by atoms with van der Waals surface area (Å²) < 4.78 is 4.26. The number of aromatic hydroxyl groups is 1. The molecule has 2 aromatic carbocycles. The molecule has 0 radical (unpaired) electrons. The zero-order valence-corrected chi connectivity index (χ0v) is 11.8. The fourth-order valence-corrected chi connectivity index (χ4v) is 2.53. The topological polar surface area (TPSA) is 45.0 Å². The van der Waals surface area contributed by atoms with Gasteiger partial charge in [-0.3, -0.25) is 0 Å². The van der Waals surface area contributed by atoms with E-state index in [4.69, 9.17) is 0 Å². The highest BCUT2D eigenvalue weighted by Gasteiger charge is 2.01. The zero-order chi connectivity index (χ0) is 12.8. The van der Waals surface area contributed by atoms with E-state index in [0.717, 1.165) is 11.1 Å². The number of hydrogen-bond acceptors (Lipinski definition) is 3. The number of hydrogen-bond donors (Lipinski definition) is 1. The van der Waals surface area contributed by atoms with Gasteiger partial charge < -0.3 is 5.11 Å². The highest BCUT2D eigenvalue weighted by atomic mass is 28.2. The van der Waals surface area contributed by atoms with Gasteiger partial charge in [0, 0.05) is 5.56 Å². The lowest BCUT2D eigenvalue weighted by molar-refractivity contribution is 0.464. The Morgan fingerprint density at radius 3 is 2.61 bits per heavy atom. The first-order chi connectivity index (χ1) is 8.77. The van der Waals surface area contributed by atoms with Crippen molar-refractivity contribution < 1.29 is 5.11 Å². The highest BCUT2D eigenvalue weighted by Crippen LogP contribution is 2.21. The Labute approximate surface area is 109 Å². The Morgan fingerprint density at radius 2 is 1.83 bits per heavy atom. The molecule has 0 spiro atoms. The van der Waals surface area contributed by atoms with Crippen molar-refractivity contribution in [1.82, 2.24) is 0 Å². The SMILES string of the molecule is Cc1cccc(C/N=N/[SiH2]c2ccccc2)c1O. The van der Waals surface area contributed by atoms with Gasteiger partial charge in [0.1, 0.15) is 5.75 Å². The van der Waals surface area contributed by atoms with E-state index in [2.05, 4.69) is 22.0 Å². The number of phenols is 1. The number of phenolic OH excluding ortho intramolecular Hbond substituents is 1. The first kappa shape index (κ1) is 12.5. The van der Waals surface area contributed by atoms with Crippen molar-refractivity contribution >= 4 is 14.9 Å². The summed E-state index contributed by atoms with van der Waals surface area (Å²) in [5.41, 5.74) is 1.71. The molecule has 18 heavy (non-hydrogen) atoms. The third-order valence-corrected chi connectivity index (χ3v) is 3.94. The van der Waals surface area contributed by atoms with Gasteiger partial charge in [-0.15, -0.1) is 0 Å². The number of para-hydroxylation sites is 1. The van der Waals surface area contributed by atoms with Crippen LogP contribution in [-0.4, -0.2) is 14.8 Å². The van der Waals surface area contributed by atoms with Gasteiger partial charge in [0.25, 0.3) is 0 Å². The van der Waals surface area contributed by atoms with Gasteiger partial charge in [-0.1, -0.05) is 48.5 Å². The van der Waals surface area contributed by atoms with Crippen LogP contribution in [0.5, 0.6) is 5.75 Å². The summed E-state index contributed by atoms with van der Waals surface area (Å²) in [5, 5.41) is 15.3. The van der Waals surface area contributed by atoms with E-state index in [0.29, 0.717) is 12.3 Å². The van der Waals surface area contributed by atoms with Gasteiger partial charge in [0.05, 0.1) is 6.54 Å². The summed E-state index contributed by atoms with van der Waals surface area (Å²) in [7, 11) is -0.673. The Hall–Kier alpha value is -1.94. The maximum atomic E-state index is 9.82. The highest BCUT2D eigenvalue weighted by molar-refractivity contribution is 6.51. The van der Waals surface area contributed by atoms with Crippen LogP contribution in [0.15, 0.2) is 58.4 Å². The molecule has 0 heterocycles. The molecule has 2 rings (SSSR count). The number of benzene rings is 2. The van der Waals surface area contributed by atoms with Crippen LogP contribution in [0.25, 0.3) is 0 Å². The molecule has 92 valence electrons. The van der Waals surface area contributed by atoms with Crippen LogP contribution >= 0.6 is 0 Å². The molecule has 0 saturated carbocycles. The quantitative estimate of drug-likeness (QED) is 0.660. The summed E-state index contributed by atoms with van der Waals surface area (Å²) in [6, 6.07) is 15.9. The maximum Gasteiger partial charge on any atom is 0.209 e. The van der Waals surface area contributed by atoms with Gasteiger partial charge in [-0.05, 0) is 17.7 Å². The lowest BCUT2D eigenvalue weighted by Gasteiger charge is -2.03. The Kier molecular flexibility index (Phi) is 4.25. The normalized spacial score (nSPS) is 11.6. The number of rotatable bonds is 4. The Bertz CT molecular complexity index is 541. The average molecular weight is 256 g/mol. The van der Waals surface area contributed by atoms with E-state index in [1.807, 2.05) is 43.3 Å². The molecule has 0 atom stereocenters. The van der Waals surface area contributed by atoms with Crippen LogP contribution in [0.4, 0.5) is 0 Å². The summed E-state index contributed by atoms with van der Waals surface area (Å²) in [6.07, 6.45) is 0. The second-order valence-corrected chi connectivity index (χ2v) is 5.58. The molecule has 0 aliphatic heterocycles. The summed E-state index contributed by atoms with van der Waals surface area (Å²) >= 11 is 0. The molecule has 0 saturated heterocycles. The second kappa shape index (κ2) is 6.12. The molecule has 0 amide bonds. The van der Waals surface area contributed by atoms with Crippen molar-refractivity contribution in [1.29, 1.82) is 0 Å². The van der Waals surface area contributed by atoms with Gasteiger partial charge in [0.15, 0.2) is 0 Å². The van der Waals surface area contributed by atoms with Crippen molar-refractivity contribution in [2.45, 2.75) is 13.5 Å². The Morgan fingerprint density at radius 1 is 1.06 bits per heavy atom. The molecule has 0 aliphatic rings. The van der Waals surface area contributed by atoms with E-state index < -0.39 is 9.68 Å². The molecule has 4 heteroatoms. The molecule has 3 nitrogen and oxygen atoms in total. The monoisotopic (exact) mass is 256 g/mol. The largest absolute Gasteiger partial charge is 0.507 e. The van der Waals surface area contributed by atoms with Crippen LogP contribution in [0, 0.1) is 6.92 Å². The molecule has 0 aliphatic carbocycles. The lowest BCUT2D eigenvalue weighted by atomic mass is 10.1. The summed E-state index contributed by atoms with van der Waals surface area (Å²) in [4.78, 5) is 0. The molecule has 2 aromatic rings. The summed E-state index contributed by atoms with van der Waals surface area (Å²) in [6.45, 7) is 2.34. The molecule has 0 bridgehead atoms. The predicted molar refractivity (Wildman–Crippen MR) is 76.0 cm³/mol. The van der Waals surface area contributed by atoms with Gasteiger partial charge in [-0.2, -0.15) is 5.11 Å². The van der Waals surface area contributed by atoms with E-state index in [1.165, 1.54) is 5.19 Å². The molecular formula is C14H16N2OSi. The minimum absolute atomic E-state index is 0.331. The van der Waals surface area contributed by atoms with Crippen LogP contribution < -0.4 is 5.19 Å². The van der Waals surface area contributed by atoms with Crippen molar-refractivity contribution in [2.75, 3.05) is 0 Å². The molecule has 0 aromatic heterocycles. The van der Waals surface area contributed by atoms with Gasteiger partial charge in [0.2, 0.25) is 9.68 Å². The van der Waals surface area contributed by atoms with Crippen LogP contribution in [0.1, 0.15) is 11.1 Å². The fraction of sp³-hybridized carbons (Fsp3) is 0.143. The Balaban J connectivity index is 1.94. The zero-order valence-electron chi connectivity index (χ0n) is 10.4. The fourth-order valence-electron chi connectivity index (χ4n) is 1.69. The third-order valence-electron chi connectivity index (χ3n) is 2.76. The van der Waals surface area contributed by atoms with Crippen LogP contribution in [0.3, 0.4) is 0 Å². The number of aryl methyl sites for hydroxylation is 1. The molecule has 0 unspecified atom stereocenters. The minimum Gasteiger partial charge on any atom is -0.507 e. The minimum atomic E-state index is -0.673. The first-order valence-electron chi connectivity index (χ1n) is 5.92. The van der Waals surface area contributed by atoms with Crippen LogP contribution in [-0.2, 0) is 6.54 Å². The van der Waals surface area contributed by atoms with Crippen LogP contribution in [0.2, 0.25) is 0 Å². The van der Waals surface area contributed by atoms with E-state index in [9.17, 15) is 5.11 Å². The standard InChI is InChI=1S/C14H16N2OSi/c1-11-6-5-7-12(14(11)17)10-15-16-18-13-8-3-2-4-9-13/h2-9,17H,10,18H2,1H3/b16-15+. The first-order valence-corrected chi connectivity index (χ1v) is 7.26.